The van der Waals surface area contributed by atoms with Crippen LogP contribution in [-0.4, -0.2) is 51.8 Å². The molecule has 3 N–H and O–H groups in total. The number of urea groups is 1. The molecule has 2 amide bonds. The number of hydrogen-bond donors (Lipinski definition) is 3. The van der Waals surface area contributed by atoms with Crippen LogP contribution in [0.1, 0.15) is 33.1 Å². The van der Waals surface area contributed by atoms with Gasteiger partial charge in [-0.3, -0.25) is 4.79 Å². The number of β-amino-alcohol motifs (C(OH)–C–C–N with tert-alkyl or cyclic N) is 1. The summed E-state index contributed by atoms with van der Waals surface area (Å²) >= 11 is 0. The van der Waals surface area contributed by atoms with E-state index in [1.165, 1.54) is 0 Å². The fourth-order valence-corrected chi connectivity index (χ4v) is 1.78. The molecule has 0 aromatic rings. The summed E-state index contributed by atoms with van der Waals surface area (Å²) in [5.41, 5.74) is -0.553. The lowest BCUT2D eigenvalue weighted by Gasteiger charge is -2.28. The van der Waals surface area contributed by atoms with Crippen LogP contribution >= 0.6 is 0 Å². The second-order valence-electron chi connectivity index (χ2n) is 5.10. The Bertz CT molecular complexity index is 304. The highest BCUT2D eigenvalue weighted by atomic mass is 16.4. The second-order valence-corrected chi connectivity index (χ2v) is 5.10. The van der Waals surface area contributed by atoms with Crippen LogP contribution in [-0.2, 0) is 4.79 Å². The molecule has 0 radical (unpaired) electrons. The number of nitrogens with zero attached hydrogens (tertiary/aromatic N) is 1. The number of aliphatic carboxylic acids is 1. The first-order valence-electron chi connectivity index (χ1n) is 5.77. The minimum atomic E-state index is -0.871. The predicted octanol–water partition coefficient (Wildman–Crippen LogP) is 0.406. The molecule has 0 aromatic carbocycles. The molecule has 6 heteroatoms. The van der Waals surface area contributed by atoms with Crippen molar-refractivity contribution in [2.45, 2.75) is 44.8 Å². The molecule has 0 aromatic heterocycles. The lowest BCUT2D eigenvalue weighted by Crippen LogP contribution is -2.49. The molecule has 0 aliphatic carbocycles. The van der Waals surface area contributed by atoms with Crippen molar-refractivity contribution in [3.63, 3.8) is 0 Å². The zero-order valence-corrected chi connectivity index (χ0v) is 10.3. The van der Waals surface area contributed by atoms with Gasteiger partial charge in [0.2, 0.25) is 0 Å². The van der Waals surface area contributed by atoms with E-state index in [4.69, 9.17) is 5.11 Å². The van der Waals surface area contributed by atoms with Gasteiger partial charge in [0.15, 0.2) is 0 Å². The molecule has 1 aliphatic rings. The first-order valence-corrected chi connectivity index (χ1v) is 5.77. The van der Waals surface area contributed by atoms with Gasteiger partial charge in [-0.15, -0.1) is 0 Å². The van der Waals surface area contributed by atoms with Crippen molar-refractivity contribution >= 4 is 12.0 Å². The van der Waals surface area contributed by atoms with E-state index >= 15 is 0 Å². The van der Waals surface area contributed by atoms with Gasteiger partial charge >= 0.3 is 12.0 Å². The third-order valence-electron chi connectivity index (χ3n) is 2.86. The molecule has 1 heterocycles. The number of nitrogens with one attached hydrogen (secondary N) is 1. The van der Waals surface area contributed by atoms with Crippen LogP contribution in [0.15, 0.2) is 0 Å². The van der Waals surface area contributed by atoms with Crippen molar-refractivity contribution in [2.75, 3.05) is 13.1 Å². The first kappa shape index (κ1) is 13.8. The molecule has 98 valence electrons. The van der Waals surface area contributed by atoms with E-state index in [-0.39, 0.29) is 12.5 Å². The van der Waals surface area contributed by atoms with Gasteiger partial charge in [0.1, 0.15) is 0 Å². The van der Waals surface area contributed by atoms with E-state index in [9.17, 15) is 14.7 Å². The molecule has 0 spiro atoms. The minimum absolute atomic E-state index is 0.0237. The Morgan fingerprint density at radius 2 is 2.12 bits per heavy atom. The number of aliphatic hydroxyl groups excluding tert-OH is 1. The molecule has 1 atom stereocenters. The summed E-state index contributed by atoms with van der Waals surface area (Å²) in [6.07, 6.45) is 0.562. The van der Waals surface area contributed by atoms with E-state index < -0.39 is 17.6 Å². The van der Waals surface area contributed by atoms with Gasteiger partial charge in [0, 0.05) is 25.0 Å². The molecule has 6 nitrogen and oxygen atoms in total. The van der Waals surface area contributed by atoms with Gasteiger partial charge in [0.05, 0.1) is 6.10 Å². The number of carboxylic acid groups (broad SMARTS) is 1. The molecule has 1 saturated heterocycles. The number of rotatable bonds is 4. The van der Waals surface area contributed by atoms with Gasteiger partial charge < -0.3 is 20.4 Å². The van der Waals surface area contributed by atoms with Crippen LogP contribution in [0.3, 0.4) is 0 Å². The SMILES string of the molecule is CC(C)(CCC(=O)O)NC(=O)N1CCC(O)C1. The van der Waals surface area contributed by atoms with E-state index in [1.807, 2.05) is 0 Å². The number of carbonyl (C=O) groups excluding carboxylic acids is 1. The maximum Gasteiger partial charge on any atom is 0.317 e. The van der Waals surface area contributed by atoms with E-state index in [1.54, 1.807) is 18.7 Å². The van der Waals surface area contributed by atoms with Crippen LogP contribution < -0.4 is 5.32 Å². The Labute approximate surface area is 101 Å². The minimum Gasteiger partial charge on any atom is -0.481 e. The van der Waals surface area contributed by atoms with E-state index in [2.05, 4.69) is 5.32 Å². The van der Waals surface area contributed by atoms with Crippen LogP contribution in [0.2, 0.25) is 0 Å². The Morgan fingerprint density at radius 1 is 1.47 bits per heavy atom. The third-order valence-corrected chi connectivity index (χ3v) is 2.86. The molecule has 17 heavy (non-hydrogen) atoms. The molecule has 1 aliphatic heterocycles. The fourth-order valence-electron chi connectivity index (χ4n) is 1.78. The highest BCUT2D eigenvalue weighted by Gasteiger charge is 2.28. The average Bonchev–Trinajstić information content (AvgIpc) is 2.61. The van der Waals surface area contributed by atoms with Gasteiger partial charge in [0.25, 0.3) is 0 Å². The average molecular weight is 244 g/mol. The lowest BCUT2D eigenvalue weighted by atomic mass is 9.99. The zero-order chi connectivity index (χ0) is 13.1. The molecule has 1 unspecified atom stereocenters. The number of aliphatic hydroxyl groups is 1. The highest BCUT2D eigenvalue weighted by Crippen LogP contribution is 2.14. The van der Waals surface area contributed by atoms with Crippen molar-refractivity contribution in [1.82, 2.24) is 10.2 Å². The maximum atomic E-state index is 11.8. The van der Waals surface area contributed by atoms with Crippen molar-refractivity contribution in [2.24, 2.45) is 0 Å². The van der Waals surface area contributed by atoms with Gasteiger partial charge in [-0.1, -0.05) is 0 Å². The zero-order valence-electron chi connectivity index (χ0n) is 10.3. The standard InChI is InChI=1S/C11H20N2O4/c1-11(2,5-3-9(15)16)12-10(17)13-6-4-8(14)7-13/h8,14H,3-7H2,1-2H3,(H,12,17)(H,15,16). The number of amides is 2. The van der Waals surface area contributed by atoms with Gasteiger partial charge in [-0.05, 0) is 26.7 Å². The van der Waals surface area contributed by atoms with Crippen LogP contribution in [0, 0.1) is 0 Å². The highest BCUT2D eigenvalue weighted by molar-refractivity contribution is 5.75. The van der Waals surface area contributed by atoms with Crippen LogP contribution in [0.4, 0.5) is 4.79 Å². The smallest absolute Gasteiger partial charge is 0.317 e. The number of hydrogen-bond acceptors (Lipinski definition) is 3. The number of carbonyl (C=O) groups is 2. The molecule has 0 saturated carbocycles. The van der Waals surface area contributed by atoms with Crippen molar-refractivity contribution in [1.29, 1.82) is 0 Å². The molecule has 0 bridgehead atoms. The Balaban J connectivity index is 2.41. The molecular formula is C11H20N2O4. The second kappa shape index (κ2) is 5.35. The predicted molar refractivity (Wildman–Crippen MR) is 61.7 cm³/mol. The molecular weight excluding hydrogens is 224 g/mol. The van der Waals surface area contributed by atoms with Gasteiger partial charge in [-0.25, -0.2) is 4.79 Å². The Hall–Kier alpha value is -1.30. The number of likely N-dealkylation sites (tertiary alicyclic amines) is 1. The Kier molecular flexibility index (Phi) is 4.34. The van der Waals surface area contributed by atoms with E-state index in [0.717, 1.165) is 0 Å². The monoisotopic (exact) mass is 244 g/mol. The Morgan fingerprint density at radius 3 is 2.59 bits per heavy atom. The summed E-state index contributed by atoms with van der Waals surface area (Å²) in [6.45, 7) is 4.48. The summed E-state index contributed by atoms with van der Waals surface area (Å²) in [5.74, 6) is -0.871. The van der Waals surface area contributed by atoms with Crippen molar-refractivity contribution < 1.29 is 19.8 Å². The fraction of sp³-hybridized carbons (Fsp3) is 0.818. The quantitative estimate of drug-likeness (QED) is 0.668. The number of carboxylic acids is 1. The summed E-state index contributed by atoms with van der Waals surface area (Å²) in [7, 11) is 0. The summed E-state index contributed by atoms with van der Waals surface area (Å²) < 4.78 is 0. The molecule has 1 rings (SSSR count). The first-order chi connectivity index (χ1) is 7.80. The van der Waals surface area contributed by atoms with E-state index in [0.29, 0.717) is 25.9 Å². The largest absolute Gasteiger partial charge is 0.481 e. The summed E-state index contributed by atoms with van der Waals surface area (Å²) in [5, 5.41) is 20.7. The van der Waals surface area contributed by atoms with Crippen LogP contribution in [0.25, 0.3) is 0 Å². The van der Waals surface area contributed by atoms with Crippen molar-refractivity contribution in [3.8, 4) is 0 Å². The normalized spacial score (nSPS) is 20.4. The third kappa shape index (κ3) is 4.60. The maximum absolute atomic E-state index is 11.8. The topological polar surface area (TPSA) is 89.9 Å². The lowest BCUT2D eigenvalue weighted by molar-refractivity contribution is -0.137. The summed E-state index contributed by atoms with van der Waals surface area (Å²) in [4.78, 5) is 23.8. The van der Waals surface area contributed by atoms with Crippen LogP contribution in [0.5, 0.6) is 0 Å². The van der Waals surface area contributed by atoms with Crippen molar-refractivity contribution in [3.05, 3.63) is 0 Å². The van der Waals surface area contributed by atoms with Gasteiger partial charge in [-0.2, -0.15) is 0 Å². The summed E-state index contributed by atoms with van der Waals surface area (Å²) in [6, 6.07) is -0.239. The molecule has 1 fully saturated rings.